The van der Waals surface area contributed by atoms with Crippen LogP contribution in [0.1, 0.15) is 54.1 Å². The lowest BCUT2D eigenvalue weighted by atomic mass is 9.89. The number of hydrogen-bond acceptors (Lipinski definition) is 5. The van der Waals surface area contributed by atoms with Crippen molar-refractivity contribution in [3.8, 4) is 0 Å². The molecule has 5 rings (SSSR count). The van der Waals surface area contributed by atoms with Crippen molar-refractivity contribution in [2.75, 3.05) is 18.4 Å². The minimum absolute atomic E-state index is 0.00491. The summed E-state index contributed by atoms with van der Waals surface area (Å²) in [6.07, 6.45) is -1.00. The Morgan fingerprint density at radius 1 is 0.791 bits per heavy atom. The molecule has 0 saturated carbocycles. The molecule has 1 aliphatic heterocycles. The fraction of sp³-hybridized carbons (Fsp3) is 0.306. The van der Waals surface area contributed by atoms with Gasteiger partial charge in [-0.1, -0.05) is 104 Å². The van der Waals surface area contributed by atoms with Crippen LogP contribution in [0.2, 0.25) is 0 Å². The summed E-state index contributed by atoms with van der Waals surface area (Å²) >= 11 is 0. The minimum Gasteiger partial charge on any atom is -0.392 e. The van der Waals surface area contributed by atoms with Gasteiger partial charge in [0.15, 0.2) is 6.29 Å². The molecule has 1 fully saturated rings. The molecule has 1 aliphatic rings. The Balaban J connectivity index is 1.44. The number of hydrogen-bond donors (Lipinski definition) is 3. The minimum atomic E-state index is -0.630. The van der Waals surface area contributed by atoms with E-state index in [1.54, 1.807) is 0 Å². The number of aliphatic hydroxyl groups excluding tert-OH is 1. The maximum atomic E-state index is 12.2. The van der Waals surface area contributed by atoms with E-state index in [-0.39, 0.29) is 30.8 Å². The Labute approximate surface area is 254 Å². The van der Waals surface area contributed by atoms with Crippen LogP contribution in [-0.4, -0.2) is 35.2 Å². The van der Waals surface area contributed by atoms with E-state index in [9.17, 15) is 9.90 Å². The van der Waals surface area contributed by atoms with Crippen molar-refractivity contribution in [1.82, 2.24) is 10.2 Å². The summed E-state index contributed by atoms with van der Waals surface area (Å²) in [5.41, 5.74) is 5.89. The van der Waals surface area contributed by atoms with Crippen LogP contribution in [0.15, 0.2) is 109 Å². The molecular formula is C36H41N3O4. The lowest BCUT2D eigenvalue weighted by molar-refractivity contribution is -0.276. The zero-order chi connectivity index (χ0) is 30.0. The first-order valence-electron chi connectivity index (χ1n) is 15.0. The topological polar surface area (TPSA) is 83.1 Å². The Kier molecular flexibility index (Phi) is 10.6. The van der Waals surface area contributed by atoms with E-state index in [1.165, 1.54) is 11.1 Å². The first-order valence-corrected chi connectivity index (χ1v) is 15.0. The number of nitrogens with one attached hydrogen (secondary N) is 2. The van der Waals surface area contributed by atoms with Crippen molar-refractivity contribution in [3.05, 3.63) is 137 Å². The number of nitrogens with zero attached hydrogens (tertiary/aromatic N) is 1. The van der Waals surface area contributed by atoms with Gasteiger partial charge in [-0.05, 0) is 41.3 Å². The van der Waals surface area contributed by atoms with Gasteiger partial charge in [-0.2, -0.15) is 0 Å². The van der Waals surface area contributed by atoms with Crippen LogP contribution in [0.3, 0.4) is 0 Å². The molecule has 43 heavy (non-hydrogen) atoms. The highest BCUT2D eigenvalue weighted by Crippen LogP contribution is 2.42. The van der Waals surface area contributed by atoms with Crippen molar-refractivity contribution in [3.63, 3.8) is 0 Å². The number of carbonyl (C=O) groups excluding carboxylic acids is 1. The highest BCUT2D eigenvalue weighted by atomic mass is 16.7. The number of benzene rings is 4. The van der Waals surface area contributed by atoms with Crippen molar-refractivity contribution in [2.45, 2.75) is 52.0 Å². The molecule has 0 unspecified atom stereocenters. The van der Waals surface area contributed by atoms with Gasteiger partial charge in [0.25, 0.3) is 0 Å². The summed E-state index contributed by atoms with van der Waals surface area (Å²) in [6, 6.07) is 36.4. The molecule has 1 saturated heterocycles. The van der Waals surface area contributed by atoms with E-state index in [0.717, 1.165) is 29.8 Å². The third-order valence-corrected chi connectivity index (χ3v) is 7.81. The van der Waals surface area contributed by atoms with Crippen LogP contribution in [0.4, 0.5) is 10.5 Å². The van der Waals surface area contributed by atoms with Crippen LogP contribution < -0.4 is 10.6 Å². The van der Waals surface area contributed by atoms with Crippen LogP contribution in [0.5, 0.6) is 0 Å². The standard InChI is InChI=1S/C36H41N3O4/c1-3-37-36(41)38-32-16-10-15-31(21-32)35-42-33(26(2)34(43-35)30-19-17-29(25-40)18-20-30)24-39(22-27-11-6-4-7-12-27)23-28-13-8-5-9-14-28/h4-21,26,33-35,40H,3,22-25H2,1-2H3,(H2,37,38,41)/t26-,33+,34+,35+/m0/s1. The van der Waals surface area contributed by atoms with Gasteiger partial charge >= 0.3 is 6.03 Å². The summed E-state index contributed by atoms with van der Waals surface area (Å²) in [4.78, 5) is 14.6. The second kappa shape index (κ2) is 14.9. The van der Waals surface area contributed by atoms with Gasteiger partial charge in [0.1, 0.15) is 0 Å². The number of rotatable bonds is 11. The Hall–Kier alpha value is -4.01. The van der Waals surface area contributed by atoms with Gasteiger partial charge in [0, 0.05) is 43.3 Å². The van der Waals surface area contributed by atoms with E-state index in [4.69, 9.17) is 9.47 Å². The van der Waals surface area contributed by atoms with Crippen LogP contribution >= 0.6 is 0 Å². The summed E-state index contributed by atoms with van der Waals surface area (Å²) in [6.45, 7) is 6.88. The lowest BCUT2D eigenvalue weighted by Gasteiger charge is -2.43. The first-order chi connectivity index (χ1) is 21.0. The average molecular weight is 580 g/mol. The lowest BCUT2D eigenvalue weighted by Crippen LogP contribution is -2.44. The maximum Gasteiger partial charge on any atom is 0.319 e. The van der Waals surface area contributed by atoms with Crippen molar-refractivity contribution in [1.29, 1.82) is 0 Å². The van der Waals surface area contributed by atoms with Gasteiger partial charge in [0.2, 0.25) is 0 Å². The van der Waals surface area contributed by atoms with E-state index in [1.807, 2.05) is 67.6 Å². The van der Waals surface area contributed by atoms with Gasteiger partial charge in [-0.3, -0.25) is 4.90 Å². The van der Waals surface area contributed by atoms with Crippen molar-refractivity contribution >= 4 is 11.7 Å². The smallest absolute Gasteiger partial charge is 0.319 e. The van der Waals surface area contributed by atoms with E-state index in [2.05, 4.69) is 71.0 Å². The molecule has 4 aromatic carbocycles. The van der Waals surface area contributed by atoms with E-state index in [0.29, 0.717) is 18.8 Å². The monoisotopic (exact) mass is 579 g/mol. The van der Waals surface area contributed by atoms with Crippen LogP contribution in [-0.2, 0) is 29.2 Å². The number of ether oxygens (including phenoxy) is 2. The largest absolute Gasteiger partial charge is 0.392 e. The molecule has 0 spiro atoms. The maximum absolute atomic E-state index is 12.2. The molecule has 0 aliphatic carbocycles. The summed E-state index contributed by atoms with van der Waals surface area (Å²) in [5.74, 6) is 0.0434. The second-order valence-corrected chi connectivity index (χ2v) is 11.1. The predicted molar refractivity (Wildman–Crippen MR) is 169 cm³/mol. The SMILES string of the molecule is CCNC(=O)Nc1cccc([C@@H]2O[C@H](CN(Cc3ccccc3)Cc3ccccc3)[C@H](C)[C@H](c3ccc(CO)cc3)O2)c1. The third kappa shape index (κ3) is 8.30. The number of amides is 2. The molecule has 7 heteroatoms. The van der Waals surface area contributed by atoms with Crippen molar-refractivity contribution in [2.24, 2.45) is 5.92 Å². The normalized spacial score (nSPS) is 20.1. The fourth-order valence-corrected chi connectivity index (χ4v) is 5.55. The van der Waals surface area contributed by atoms with Crippen LogP contribution in [0, 0.1) is 5.92 Å². The van der Waals surface area contributed by atoms with Gasteiger partial charge in [-0.15, -0.1) is 0 Å². The van der Waals surface area contributed by atoms with E-state index < -0.39 is 6.29 Å². The number of carbonyl (C=O) groups is 1. The van der Waals surface area contributed by atoms with Crippen LogP contribution in [0.25, 0.3) is 0 Å². The number of anilines is 1. The molecule has 7 nitrogen and oxygen atoms in total. The molecule has 3 N–H and O–H groups in total. The molecule has 2 amide bonds. The molecule has 0 aromatic heterocycles. The summed E-state index contributed by atoms with van der Waals surface area (Å²) in [7, 11) is 0. The van der Waals surface area contributed by atoms with Crippen molar-refractivity contribution < 1.29 is 19.4 Å². The highest BCUT2D eigenvalue weighted by Gasteiger charge is 2.39. The first kappa shape index (κ1) is 30.4. The summed E-state index contributed by atoms with van der Waals surface area (Å²) < 4.78 is 13.4. The van der Waals surface area contributed by atoms with Gasteiger partial charge < -0.3 is 25.2 Å². The van der Waals surface area contributed by atoms with Gasteiger partial charge in [0.05, 0.1) is 18.8 Å². The zero-order valence-corrected chi connectivity index (χ0v) is 24.9. The molecule has 4 atom stereocenters. The average Bonchev–Trinajstić information content (AvgIpc) is 3.03. The summed E-state index contributed by atoms with van der Waals surface area (Å²) in [5, 5.41) is 15.3. The highest BCUT2D eigenvalue weighted by molar-refractivity contribution is 5.89. The quantitative estimate of drug-likeness (QED) is 0.182. The number of aliphatic hydroxyl groups is 1. The number of urea groups is 1. The van der Waals surface area contributed by atoms with E-state index >= 15 is 0 Å². The Bertz CT molecular complexity index is 1390. The fourth-order valence-electron chi connectivity index (χ4n) is 5.55. The molecule has 0 bridgehead atoms. The van der Waals surface area contributed by atoms with Gasteiger partial charge in [-0.25, -0.2) is 4.79 Å². The Morgan fingerprint density at radius 2 is 1.44 bits per heavy atom. The molecule has 0 radical (unpaired) electrons. The second-order valence-electron chi connectivity index (χ2n) is 11.1. The zero-order valence-electron chi connectivity index (χ0n) is 24.9. The molecular weight excluding hydrogens is 538 g/mol. The molecule has 4 aromatic rings. The molecule has 224 valence electrons. The molecule has 1 heterocycles. The Morgan fingerprint density at radius 3 is 2.05 bits per heavy atom. The predicted octanol–water partition coefficient (Wildman–Crippen LogP) is 6.81. The third-order valence-electron chi connectivity index (χ3n) is 7.81.